The third-order valence-corrected chi connectivity index (χ3v) is 3.31. The van der Waals surface area contributed by atoms with E-state index in [4.69, 9.17) is 12.2 Å². The van der Waals surface area contributed by atoms with Crippen LogP contribution in [0.25, 0.3) is 11.0 Å². The van der Waals surface area contributed by atoms with Gasteiger partial charge in [0, 0.05) is 6.04 Å². The zero-order valence-electron chi connectivity index (χ0n) is 10.2. The van der Waals surface area contributed by atoms with E-state index in [-0.39, 0.29) is 6.04 Å². The van der Waals surface area contributed by atoms with Gasteiger partial charge in [0.25, 0.3) is 0 Å². The second-order valence-electron chi connectivity index (χ2n) is 4.75. The third kappa shape index (κ3) is 2.46. The Hall–Kier alpha value is -1.62. The molecule has 1 aromatic heterocycles. The van der Waals surface area contributed by atoms with Gasteiger partial charge in [-0.25, -0.2) is 4.98 Å². The van der Waals surface area contributed by atoms with Gasteiger partial charge in [-0.15, -0.1) is 0 Å². The van der Waals surface area contributed by atoms with Crippen LogP contribution in [0.2, 0.25) is 0 Å². The largest absolute Gasteiger partial charge is 0.360 e. The second kappa shape index (κ2) is 4.57. The second-order valence-corrected chi connectivity index (χ2v) is 5.16. The van der Waals surface area contributed by atoms with E-state index in [9.17, 15) is 0 Å². The third-order valence-electron chi connectivity index (χ3n) is 3.08. The highest BCUT2D eigenvalue weighted by Crippen LogP contribution is 2.19. The minimum Gasteiger partial charge on any atom is -0.360 e. The normalized spacial score (nSPS) is 16.5. The topological polar surface area (TPSA) is 52.7 Å². The molecule has 1 aliphatic carbocycles. The predicted octanol–water partition coefficient (Wildman–Crippen LogP) is 2.25. The fourth-order valence-corrected chi connectivity index (χ4v) is 2.24. The number of nitrogens with zero attached hydrogens (tertiary/aromatic N) is 1. The molecule has 1 heterocycles. The maximum absolute atomic E-state index is 5.26. The minimum absolute atomic E-state index is 0.0798. The van der Waals surface area contributed by atoms with Gasteiger partial charge >= 0.3 is 0 Å². The zero-order chi connectivity index (χ0) is 12.5. The highest BCUT2D eigenvalue weighted by atomic mass is 32.1. The van der Waals surface area contributed by atoms with Gasteiger partial charge in [-0.1, -0.05) is 12.1 Å². The molecule has 1 aromatic carbocycles. The summed E-state index contributed by atoms with van der Waals surface area (Å²) in [6, 6.07) is 8.68. The van der Waals surface area contributed by atoms with E-state index in [1.807, 2.05) is 24.3 Å². The van der Waals surface area contributed by atoms with Crippen molar-refractivity contribution in [1.82, 2.24) is 20.6 Å². The van der Waals surface area contributed by atoms with Gasteiger partial charge in [-0.05, 0) is 44.1 Å². The molecule has 1 fully saturated rings. The summed E-state index contributed by atoms with van der Waals surface area (Å²) >= 11 is 5.26. The lowest BCUT2D eigenvalue weighted by atomic mass is 10.3. The number of H-pyrrole nitrogens is 1. The molecule has 1 atom stereocenters. The number of rotatable bonds is 3. The van der Waals surface area contributed by atoms with Gasteiger partial charge < -0.3 is 15.6 Å². The summed E-state index contributed by atoms with van der Waals surface area (Å²) in [7, 11) is 0. The van der Waals surface area contributed by atoms with Crippen molar-refractivity contribution in [2.24, 2.45) is 0 Å². The molecule has 1 saturated carbocycles. The van der Waals surface area contributed by atoms with Crippen molar-refractivity contribution in [3.05, 3.63) is 30.1 Å². The molecule has 1 aliphatic rings. The Morgan fingerprint density at radius 1 is 1.44 bits per heavy atom. The van der Waals surface area contributed by atoms with Crippen LogP contribution in [-0.4, -0.2) is 21.1 Å². The van der Waals surface area contributed by atoms with Crippen molar-refractivity contribution < 1.29 is 0 Å². The SMILES string of the molecule is CC(NC(=S)NC1CC1)c1nc2ccccc2[nH]1. The molecule has 1 unspecified atom stereocenters. The van der Waals surface area contributed by atoms with E-state index in [1.165, 1.54) is 12.8 Å². The standard InChI is InChI=1S/C13H16N4S/c1-8(14-13(18)15-9-6-7-9)12-16-10-4-2-3-5-11(10)17-12/h2-5,8-9H,6-7H2,1H3,(H,16,17)(H2,14,15,18). The number of aromatic amines is 1. The minimum atomic E-state index is 0.0798. The fourth-order valence-electron chi connectivity index (χ4n) is 1.90. The quantitative estimate of drug-likeness (QED) is 0.741. The molecule has 0 radical (unpaired) electrons. The van der Waals surface area contributed by atoms with Gasteiger partial charge in [0.1, 0.15) is 5.82 Å². The number of nitrogens with one attached hydrogen (secondary N) is 3. The van der Waals surface area contributed by atoms with Crippen LogP contribution < -0.4 is 10.6 Å². The van der Waals surface area contributed by atoms with Crippen LogP contribution in [0.4, 0.5) is 0 Å². The molecule has 2 aromatic rings. The van der Waals surface area contributed by atoms with Crippen molar-refractivity contribution in [2.45, 2.75) is 31.8 Å². The van der Waals surface area contributed by atoms with Gasteiger partial charge in [-0.3, -0.25) is 0 Å². The van der Waals surface area contributed by atoms with Crippen LogP contribution in [0, 0.1) is 0 Å². The number of thiocarbonyl (C=S) groups is 1. The molecule has 0 aliphatic heterocycles. The van der Waals surface area contributed by atoms with Crippen LogP contribution in [0.1, 0.15) is 31.6 Å². The summed E-state index contributed by atoms with van der Waals surface area (Å²) in [5, 5.41) is 7.24. The number of benzene rings is 1. The molecule has 3 rings (SSSR count). The lowest BCUT2D eigenvalue weighted by Crippen LogP contribution is -2.38. The highest BCUT2D eigenvalue weighted by Gasteiger charge is 2.22. The van der Waals surface area contributed by atoms with Crippen molar-refractivity contribution in [2.75, 3.05) is 0 Å². The number of fused-ring (bicyclic) bond motifs is 1. The van der Waals surface area contributed by atoms with Crippen molar-refractivity contribution in [3.8, 4) is 0 Å². The average molecular weight is 260 g/mol. The van der Waals surface area contributed by atoms with E-state index in [0.29, 0.717) is 11.2 Å². The molecular formula is C13H16N4S. The summed E-state index contributed by atoms with van der Waals surface area (Å²) in [5.74, 6) is 0.913. The first-order chi connectivity index (χ1) is 8.72. The maximum atomic E-state index is 5.26. The van der Waals surface area contributed by atoms with E-state index in [1.54, 1.807) is 0 Å². The zero-order valence-corrected chi connectivity index (χ0v) is 11.1. The van der Waals surface area contributed by atoms with Crippen LogP contribution in [0.3, 0.4) is 0 Å². The Morgan fingerprint density at radius 3 is 2.94 bits per heavy atom. The first kappa shape index (κ1) is 11.5. The number of aromatic nitrogens is 2. The van der Waals surface area contributed by atoms with Crippen LogP contribution in [-0.2, 0) is 0 Å². The first-order valence-electron chi connectivity index (χ1n) is 6.24. The summed E-state index contributed by atoms with van der Waals surface area (Å²) in [6.07, 6.45) is 2.45. The Labute approximate surface area is 111 Å². The van der Waals surface area contributed by atoms with Crippen molar-refractivity contribution in [3.63, 3.8) is 0 Å². The lowest BCUT2D eigenvalue weighted by molar-refractivity contribution is 0.661. The number of para-hydroxylation sites is 2. The molecule has 0 saturated heterocycles. The number of imidazole rings is 1. The Balaban J connectivity index is 1.70. The molecule has 0 bridgehead atoms. The molecule has 5 heteroatoms. The van der Waals surface area contributed by atoms with Crippen LogP contribution >= 0.6 is 12.2 Å². The Kier molecular flexibility index (Phi) is 2.91. The average Bonchev–Trinajstić information content (AvgIpc) is 3.05. The van der Waals surface area contributed by atoms with Gasteiger partial charge in [0.2, 0.25) is 0 Å². The molecule has 0 amide bonds. The van der Waals surface area contributed by atoms with E-state index < -0.39 is 0 Å². The lowest BCUT2D eigenvalue weighted by Gasteiger charge is -2.14. The van der Waals surface area contributed by atoms with Crippen molar-refractivity contribution >= 4 is 28.4 Å². The number of hydrogen-bond donors (Lipinski definition) is 3. The molecule has 18 heavy (non-hydrogen) atoms. The molecular weight excluding hydrogens is 244 g/mol. The van der Waals surface area contributed by atoms with Crippen LogP contribution in [0.5, 0.6) is 0 Å². The van der Waals surface area contributed by atoms with E-state index in [2.05, 4.69) is 27.5 Å². The van der Waals surface area contributed by atoms with E-state index in [0.717, 1.165) is 16.9 Å². The summed E-state index contributed by atoms with van der Waals surface area (Å²) in [5.41, 5.74) is 2.05. The molecule has 4 nitrogen and oxygen atoms in total. The Morgan fingerprint density at radius 2 is 2.22 bits per heavy atom. The Bertz CT molecular complexity index is 540. The van der Waals surface area contributed by atoms with Crippen molar-refractivity contribution in [1.29, 1.82) is 0 Å². The molecule has 0 spiro atoms. The first-order valence-corrected chi connectivity index (χ1v) is 6.65. The smallest absolute Gasteiger partial charge is 0.167 e. The number of hydrogen-bond acceptors (Lipinski definition) is 2. The van der Waals surface area contributed by atoms with E-state index >= 15 is 0 Å². The van der Waals surface area contributed by atoms with Gasteiger partial charge in [0.05, 0.1) is 17.1 Å². The molecule has 94 valence electrons. The van der Waals surface area contributed by atoms with Gasteiger partial charge in [0.15, 0.2) is 5.11 Å². The summed E-state index contributed by atoms with van der Waals surface area (Å²) < 4.78 is 0. The predicted molar refractivity (Wildman–Crippen MR) is 76.4 cm³/mol. The highest BCUT2D eigenvalue weighted by molar-refractivity contribution is 7.80. The summed E-state index contributed by atoms with van der Waals surface area (Å²) in [6.45, 7) is 2.05. The van der Waals surface area contributed by atoms with Crippen LogP contribution in [0.15, 0.2) is 24.3 Å². The van der Waals surface area contributed by atoms with Gasteiger partial charge in [-0.2, -0.15) is 0 Å². The molecule has 3 N–H and O–H groups in total. The monoisotopic (exact) mass is 260 g/mol. The fraction of sp³-hybridized carbons (Fsp3) is 0.385. The summed E-state index contributed by atoms with van der Waals surface area (Å²) in [4.78, 5) is 7.86. The maximum Gasteiger partial charge on any atom is 0.167 e.